The molecule has 0 bridgehead atoms. The number of nitrogens with zero attached hydrogens (tertiary/aromatic N) is 2. The number of fused-ring (bicyclic) bond motifs is 1. The number of aryl methyl sites for hydroxylation is 1. The van der Waals surface area contributed by atoms with Crippen molar-refractivity contribution in [3.63, 3.8) is 0 Å². The van der Waals surface area contributed by atoms with Gasteiger partial charge in [-0.3, -0.25) is 9.69 Å². The average molecular weight is 399 g/mol. The van der Waals surface area contributed by atoms with Crippen LogP contribution in [-0.4, -0.2) is 30.1 Å². The summed E-state index contributed by atoms with van der Waals surface area (Å²) in [4.78, 5) is 19.6. The standard InChI is InChI=1S/C22H23FN2O2S/c1-2-15-7-10-19-20(12-15)28-22(24-19)25(14-18-4-3-11-27-18)21(26)13-16-5-8-17(23)9-6-16/h5-10,12,18H,2-4,11,13-14H2,1H3. The highest BCUT2D eigenvalue weighted by atomic mass is 32.1. The third-order valence-electron chi connectivity index (χ3n) is 5.06. The molecule has 6 heteroatoms. The highest BCUT2D eigenvalue weighted by molar-refractivity contribution is 7.22. The van der Waals surface area contributed by atoms with Crippen molar-refractivity contribution in [1.29, 1.82) is 0 Å². The maximum atomic E-state index is 13.2. The van der Waals surface area contributed by atoms with E-state index in [0.717, 1.165) is 41.6 Å². The number of amides is 1. The molecule has 2 aromatic carbocycles. The Bertz CT molecular complexity index is 964. The first-order chi connectivity index (χ1) is 13.6. The Morgan fingerprint density at radius 1 is 1.25 bits per heavy atom. The molecule has 0 aliphatic carbocycles. The summed E-state index contributed by atoms with van der Waals surface area (Å²) in [6, 6.07) is 12.3. The number of carbonyl (C=O) groups excluding carboxylic acids is 1. The molecule has 1 unspecified atom stereocenters. The second kappa shape index (κ2) is 8.37. The molecule has 1 fully saturated rings. The van der Waals surface area contributed by atoms with Gasteiger partial charge in [-0.05, 0) is 54.7 Å². The van der Waals surface area contributed by atoms with E-state index < -0.39 is 0 Å². The normalized spacial score (nSPS) is 16.6. The van der Waals surface area contributed by atoms with Crippen LogP contribution in [-0.2, 0) is 22.4 Å². The van der Waals surface area contributed by atoms with Crippen LogP contribution < -0.4 is 4.90 Å². The van der Waals surface area contributed by atoms with Gasteiger partial charge in [0.1, 0.15) is 5.82 Å². The van der Waals surface area contributed by atoms with Crippen molar-refractivity contribution >= 4 is 32.6 Å². The maximum Gasteiger partial charge on any atom is 0.233 e. The molecule has 0 radical (unpaired) electrons. The van der Waals surface area contributed by atoms with Crippen molar-refractivity contribution in [3.8, 4) is 0 Å². The zero-order valence-corrected chi connectivity index (χ0v) is 16.7. The SMILES string of the molecule is CCc1ccc2nc(N(CC3CCCO3)C(=O)Cc3ccc(F)cc3)sc2c1. The molecule has 146 valence electrons. The van der Waals surface area contributed by atoms with Crippen LogP contribution in [0, 0.1) is 5.82 Å². The number of hydrogen-bond acceptors (Lipinski definition) is 4. The van der Waals surface area contributed by atoms with Crippen molar-refractivity contribution in [2.45, 2.75) is 38.7 Å². The van der Waals surface area contributed by atoms with E-state index in [1.165, 1.54) is 29.0 Å². The lowest BCUT2D eigenvalue weighted by Crippen LogP contribution is -2.38. The number of aromatic nitrogens is 1. The Hall–Kier alpha value is -2.31. The molecule has 0 spiro atoms. The molecule has 1 aliphatic heterocycles. The van der Waals surface area contributed by atoms with E-state index in [4.69, 9.17) is 9.72 Å². The number of halogens is 1. The second-order valence-electron chi connectivity index (χ2n) is 7.09. The number of carbonyl (C=O) groups is 1. The molecule has 2 heterocycles. The van der Waals surface area contributed by atoms with Gasteiger partial charge in [0.2, 0.25) is 5.91 Å². The van der Waals surface area contributed by atoms with E-state index in [1.54, 1.807) is 17.0 Å². The largest absolute Gasteiger partial charge is 0.376 e. The predicted octanol–water partition coefficient (Wildman–Crippen LogP) is 4.75. The Balaban J connectivity index is 1.62. The third-order valence-corrected chi connectivity index (χ3v) is 6.10. The highest BCUT2D eigenvalue weighted by Gasteiger charge is 2.26. The predicted molar refractivity (Wildman–Crippen MR) is 110 cm³/mol. The monoisotopic (exact) mass is 398 g/mol. The lowest BCUT2D eigenvalue weighted by atomic mass is 10.1. The summed E-state index contributed by atoms with van der Waals surface area (Å²) >= 11 is 1.54. The minimum Gasteiger partial charge on any atom is -0.376 e. The summed E-state index contributed by atoms with van der Waals surface area (Å²) in [6.45, 7) is 3.36. The van der Waals surface area contributed by atoms with Crippen LogP contribution in [0.2, 0.25) is 0 Å². The van der Waals surface area contributed by atoms with E-state index in [0.29, 0.717) is 11.7 Å². The number of rotatable bonds is 6. The van der Waals surface area contributed by atoms with Gasteiger partial charge in [-0.1, -0.05) is 36.5 Å². The first-order valence-electron chi connectivity index (χ1n) is 9.68. The molecule has 28 heavy (non-hydrogen) atoms. The van der Waals surface area contributed by atoms with Gasteiger partial charge in [0, 0.05) is 6.61 Å². The van der Waals surface area contributed by atoms with Crippen LogP contribution >= 0.6 is 11.3 Å². The van der Waals surface area contributed by atoms with Crippen LogP contribution in [0.5, 0.6) is 0 Å². The summed E-state index contributed by atoms with van der Waals surface area (Å²) < 4.78 is 20.0. The van der Waals surface area contributed by atoms with Crippen molar-refractivity contribution in [2.24, 2.45) is 0 Å². The van der Waals surface area contributed by atoms with E-state index in [2.05, 4.69) is 19.1 Å². The molecular formula is C22H23FN2O2S. The second-order valence-corrected chi connectivity index (χ2v) is 8.10. The number of thiazole rings is 1. The Morgan fingerprint density at radius 3 is 2.75 bits per heavy atom. The van der Waals surface area contributed by atoms with Gasteiger partial charge in [0.15, 0.2) is 5.13 Å². The van der Waals surface area contributed by atoms with Crippen molar-refractivity contribution in [3.05, 3.63) is 59.4 Å². The van der Waals surface area contributed by atoms with Gasteiger partial charge >= 0.3 is 0 Å². The van der Waals surface area contributed by atoms with Gasteiger partial charge in [-0.2, -0.15) is 0 Å². The van der Waals surface area contributed by atoms with Gasteiger partial charge < -0.3 is 4.74 Å². The van der Waals surface area contributed by atoms with Crippen LogP contribution in [0.4, 0.5) is 9.52 Å². The minimum atomic E-state index is -0.301. The Labute approximate surface area is 168 Å². The van der Waals surface area contributed by atoms with Crippen LogP contribution in [0.1, 0.15) is 30.9 Å². The summed E-state index contributed by atoms with van der Waals surface area (Å²) in [7, 11) is 0. The van der Waals surface area contributed by atoms with Crippen molar-refractivity contribution in [2.75, 3.05) is 18.1 Å². The molecule has 1 aliphatic rings. The van der Waals surface area contributed by atoms with E-state index in [1.807, 2.05) is 6.07 Å². The van der Waals surface area contributed by atoms with Crippen LogP contribution in [0.25, 0.3) is 10.2 Å². The minimum absolute atomic E-state index is 0.0374. The molecule has 4 nitrogen and oxygen atoms in total. The molecule has 1 aromatic heterocycles. The zero-order chi connectivity index (χ0) is 19.5. The zero-order valence-electron chi connectivity index (χ0n) is 15.9. The number of anilines is 1. The highest BCUT2D eigenvalue weighted by Crippen LogP contribution is 2.31. The Kier molecular flexibility index (Phi) is 5.69. The van der Waals surface area contributed by atoms with E-state index in [-0.39, 0.29) is 24.2 Å². The summed E-state index contributed by atoms with van der Waals surface area (Å²) in [6.07, 6.45) is 3.18. The van der Waals surface area contributed by atoms with Crippen LogP contribution in [0.15, 0.2) is 42.5 Å². The molecule has 1 amide bonds. The van der Waals surface area contributed by atoms with Crippen molar-refractivity contribution in [1.82, 2.24) is 4.98 Å². The van der Waals surface area contributed by atoms with Crippen LogP contribution in [0.3, 0.4) is 0 Å². The Morgan fingerprint density at radius 2 is 2.04 bits per heavy atom. The molecular weight excluding hydrogens is 375 g/mol. The first-order valence-corrected chi connectivity index (χ1v) is 10.5. The third kappa shape index (κ3) is 4.23. The molecule has 1 atom stereocenters. The quantitative estimate of drug-likeness (QED) is 0.602. The van der Waals surface area contributed by atoms with Gasteiger partial charge in [-0.15, -0.1) is 0 Å². The first kappa shape index (κ1) is 19.0. The molecule has 1 saturated heterocycles. The molecule has 4 rings (SSSR count). The van der Waals surface area contributed by atoms with Gasteiger partial charge in [0.25, 0.3) is 0 Å². The number of benzene rings is 2. The molecule has 0 N–H and O–H groups in total. The summed E-state index contributed by atoms with van der Waals surface area (Å²) in [5, 5.41) is 0.700. The fraction of sp³-hybridized carbons (Fsp3) is 0.364. The summed E-state index contributed by atoms with van der Waals surface area (Å²) in [5.41, 5.74) is 2.95. The lowest BCUT2D eigenvalue weighted by Gasteiger charge is -2.23. The topological polar surface area (TPSA) is 42.4 Å². The van der Waals surface area contributed by atoms with E-state index in [9.17, 15) is 9.18 Å². The van der Waals surface area contributed by atoms with Gasteiger partial charge in [0.05, 0.1) is 29.3 Å². The smallest absolute Gasteiger partial charge is 0.233 e. The fourth-order valence-corrected chi connectivity index (χ4v) is 4.50. The maximum absolute atomic E-state index is 13.2. The van der Waals surface area contributed by atoms with E-state index >= 15 is 0 Å². The van der Waals surface area contributed by atoms with Crippen molar-refractivity contribution < 1.29 is 13.9 Å². The summed E-state index contributed by atoms with van der Waals surface area (Å²) in [5.74, 6) is -0.345. The van der Waals surface area contributed by atoms with Gasteiger partial charge in [-0.25, -0.2) is 9.37 Å². The molecule has 0 saturated carbocycles. The number of hydrogen-bond donors (Lipinski definition) is 0. The fourth-order valence-electron chi connectivity index (χ4n) is 3.44. The molecule has 3 aromatic rings. The number of ether oxygens (including phenoxy) is 1. The lowest BCUT2D eigenvalue weighted by molar-refractivity contribution is -0.118. The average Bonchev–Trinajstić information content (AvgIpc) is 3.36.